The average Bonchev–Trinajstić information content (AvgIpc) is 3.28. The molecule has 0 bridgehead atoms. The Bertz CT molecular complexity index is 865. The second-order valence-electron chi connectivity index (χ2n) is 5.33. The van der Waals surface area contributed by atoms with Gasteiger partial charge in [-0.2, -0.15) is 0 Å². The highest BCUT2D eigenvalue weighted by Gasteiger charge is 2.11. The van der Waals surface area contributed by atoms with Crippen LogP contribution in [0.5, 0.6) is 5.75 Å². The van der Waals surface area contributed by atoms with E-state index < -0.39 is 0 Å². The van der Waals surface area contributed by atoms with Crippen molar-refractivity contribution in [3.05, 3.63) is 64.9 Å². The lowest BCUT2D eigenvalue weighted by atomic mass is 10.2. The summed E-state index contributed by atoms with van der Waals surface area (Å²) in [5, 5.41) is 3.70. The largest absolute Gasteiger partial charge is 0.497 e. The number of hydrogen-bond acceptors (Lipinski definition) is 5. The van der Waals surface area contributed by atoms with E-state index in [0.29, 0.717) is 6.54 Å². The minimum absolute atomic E-state index is 0.150. The number of nitrogens with zero attached hydrogens (tertiary/aromatic N) is 1. The summed E-state index contributed by atoms with van der Waals surface area (Å²) in [6, 6.07) is 11.2. The van der Waals surface area contributed by atoms with Crippen molar-refractivity contribution in [2.45, 2.75) is 13.5 Å². The van der Waals surface area contributed by atoms with Gasteiger partial charge in [0.2, 0.25) is 5.91 Å². The third-order valence-electron chi connectivity index (χ3n) is 3.59. The maximum absolute atomic E-state index is 12.0. The Morgan fingerprint density at radius 2 is 2.12 bits per heavy atom. The molecule has 3 rings (SSSR count). The van der Waals surface area contributed by atoms with Crippen molar-refractivity contribution < 1.29 is 13.9 Å². The number of aromatic nitrogens is 1. The third kappa shape index (κ3) is 4.36. The Morgan fingerprint density at radius 1 is 1.32 bits per heavy atom. The molecule has 3 aromatic rings. The SMILES string of the molecule is COc1ccc(/C=C/C(=O)NCc2sc(-c3ccco3)nc2C)cc1. The van der Waals surface area contributed by atoms with Crippen LogP contribution < -0.4 is 10.1 Å². The smallest absolute Gasteiger partial charge is 0.244 e. The van der Waals surface area contributed by atoms with Crippen molar-refractivity contribution in [1.29, 1.82) is 0 Å². The van der Waals surface area contributed by atoms with E-state index in [1.54, 1.807) is 19.4 Å². The second-order valence-corrected chi connectivity index (χ2v) is 6.41. The van der Waals surface area contributed by atoms with Crippen LogP contribution in [-0.4, -0.2) is 18.0 Å². The molecular weight excluding hydrogens is 336 g/mol. The van der Waals surface area contributed by atoms with E-state index in [0.717, 1.165) is 32.7 Å². The standard InChI is InChI=1S/C19H18N2O3S/c1-13-17(25-19(21-13)16-4-3-11-24-16)12-20-18(22)10-7-14-5-8-15(23-2)9-6-14/h3-11H,12H2,1-2H3,(H,20,22)/b10-7+. The molecule has 1 amide bonds. The fraction of sp³-hybridized carbons (Fsp3) is 0.158. The molecule has 0 spiro atoms. The molecule has 0 aliphatic rings. The number of hydrogen-bond donors (Lipinski definition) is 1. The van der Waals surface area contributed by atoms with Gasteiger partial charge >= 0.3 is 0 Å². The third-order valence-corrected chi connectivity index (χ3v) is 4.76. The maximum atomic E-state index is 12.0. The average molecular weight is 354 g/mol. The summed E-state index contributed by atoms with van der Waals surface area (Å²) in [5.74, 6) is 1.38. The van der Waals surface area contributed by atoms with Gasteiger partial charge in [-0.1, -0.05) is 12.1 Å². The van der Waals surface area contributed by atoms with Gasteiger partial charge in [-0.25, -0.2) is 4.98 Å². The van der Waals surface area contributed by atoms with Crippen LogP contribution in [0.3, 0.4) is 0 Å². The van der Waals surface area contributed by atoms with Crippen LogP contribution in [-0.2, 0) is 11.3 Å². The topological polar surface area (TPSA) is 64.4 Å². The molecule has 0 aliphatic heterocycles. The summed E-state index contributed by atoms with van der Waals surface area (Å²) < 4.78 is 10.5. The van der Waals surface area contributed by atoms with Crippen LogP contribution in [0, 0.1) is 6.92 Å². The summed E-state index contributed by atoms with van der Waals surface area (Å²) in [6.07, 6.45) is 4.91. The van der Waals surface area contributed by atoms with Crippen molar-refractivity contribution in [2.75, 3.05) is 7.11 Å². The van der Waals surface area contributed by atoms with Crippen LogP contribution in [0.1, 0.15) is 16.1 Å². The molecule has 0 radical (unpaired) electrons. The molecule has 0 aliphatic carbocycles. The van der Waals surface area contributed by atoms with E-state index in [2.05, 4.69) is 10.3 Å². The van der Waals surface area contributed by atoms with E-state index in [9.17, 15) is 4.79 Å². The number of furan rings is 1. The summed E-state index contributed by atoms with van der Waals surface area (Å²) in [7, 11) is 1.62. The Morgan fingerprint density at radius 3 is 2.80 bits per heavy atom. The van der Waals surface area contributed by atoms with Gasteiger partial charge in [-0.05, 0) is 42.8 Å². The van der Waals surface area contributed by atoms with E-state index in [1.165, 1.54) is 17.4 Å². The molecule has 6 heteroatoms. The maximum Gasteiger partial charge on any atom is 0.244 e. The molecule has 2 heterocycles. The highest BCUT2D eigenvalue weighted by Crippen LogP contribution is 2.28. The zero-order chi connectivity index (χ0) is 17.6. The first-order valence-corrected chi connectivity index (χ1v) is 8.57. The number of benzene rings is 1. The number of carbonyl (C=O) groups excluding carboxylic acids is 1. The number of ether oxygens (including phenoxy) is 1. The number of rotatable bonds is 6. The summed E-state index contributed by atoms with van der Waals surface area (Å²) in [4.78, 5) is 17.5. The van der Waals surface area contributed by atoms with Gasteiger partial charge in [0, 0.05) is 11.0 Å². The van der Waals surface area contributed by atoms with Crippen LogP contribution in [0.15, 0.2) is 53.2 Å². The van der Waals surface area contributed by atoms with Gasteiger partial charge in [0.05, 0.1) is 25.6 Å². The lowest BCUT2D eigenvalue weighted by molar-refractivity contribution is -0.116. The van der Waals surface area contributed by atoms with Gasteiger partial charge in [0.15, 0.2) is 10.8 Å². The zero-order valence-electron chi connectivity index (χ0n) is 14.0. The minimum atomic E-state index is -0.150. The summed E-state index contributed by atoms with van der Waals surface area (Å²) >= 11 is 1.52. The molecule has 1 aromatic carbocycles. The quantitative estimate of drug-likeness (QED) is 0.678. The van der Waals surface area contributed by atoms with E-state index in [1.807, 2.05) is 43.3 Å². The van der Waals surface area contributed by atoms with E-state index in [-0.39, 0.29) is 5.91 Å². The Hall–Kier alpha value is -2.86. The van der Waals surface area contributed by atoms with Crippen LogP contribution in [0.4, 0.5) is 0 Å². The Balaban J connectivity index is 1.57. The van der Waals surface area contributed by atoms with Crippen LogP contribution in [0.25, 0.3) is 16.8 Å². The Labute approximate surface area is 150 Å². The molecule has 5 nitrogen and oxygen atoms in total. The highest BCUT2D eigenvalue weighted by molar-refractivity contribution is 7.15. The predicted molar refractivity (Wildman–Crippen MR) is 98.4 cm³/mol. The van der Waals surface area contributed by atoms with Crippen molar-refractivity contribution in [3.8, 4) is 16.5 Å². The first-order valence-electron chi connectivity index (χ1n) is 7.76. The molecule has 0 unspecified atom stereocenters. The first-order chi connectivity index (χ1) is 12.2. The van der Waals surface area contributed by atoms with Gasteiger partial charge in [-0.3, -0.25) is 4.79 Å². The minimum Gasteiger partial charge on any atom is -0.497 e. The molecular formula is C19H18N2O3S. The number of thiazole rings is 1. The molecule has 2 aromatic heterocycles. The second kappa shape index (κ2) is 7.81. The monoisotopic (exact) mass is 354 g/mol. The molecule has 0 saturated carbocycles. The van der Waals surface area contributed by atoms with E-state index in [4.69, 9.17) is 9.15 Å². The van der Waals surface area contributed by atoms with Gasteiger partial charge < -0.3 is 14.5 Å². The summed E-state index contributed by atoms with van der Waals surface area (Å²) in [5.41, 5.74) is 1.83. The molecule has 25 heavy (non-hydrogen) atoms. The summed E-state index contributed by atoms with van der Waals surface area (Å²) in [6.45, 7) is 2.37. The number of methoxy groups -OCH3 is 1. The normalized spacial score (nSPS) is 11.0. The lowest BCUT2D eigenvalue weighted by Crippen LogP contribution is -2.20. The fourth-order valence-electron chi connectivity index (χ4n) is 2.21. The van der Waals surface area contributed by atoms with Crippen molar-refractivity contribution in [2.24, 2.45) is 0 Å². The number of aryl methyl sites for hydroxylation is 1. The molecule has 0 fully saturated rings. The molecule has 128 valence electrons. The highest BCUT2D eigenvalue weighted by atomic mass is 32.1. The van der Waals surface area contributed by atoms with E-state index >= 15 is 0 Å². The number of amides is 1. The number of carbonyl (C=O) groups is 1. The predicted octanol–water partition coefficient (Wildman–Crippen LogP) is 4.05. The van der Waals surface area contributed by atoms with Gasteiger partial charge in [-0.15, -0.1) is 11.3 Å². The number of nitrogens with one attached hydrogen (secondary N) is 1. The van der Waals surface area contributed by atoms with Crippen LogP contribution in [0.2, 0.25) is 0 Å². The molecule has 0 saturated heterocycles. The lowest BCUT2D eigenvalue weighted by Gasteiger charge is -2.01. The van der Waals surface area contributed by atoms with Crippen molar-refractivity contribution in [3.63, 3.8) is 0 Å². The van der Waals surface area contributed by atoms with Crippen molar-refractivity contribution >= 4 is 23.3 Å². The zero-order valence-corrected chi connectivity index (χ0v) is 14.8. The Kier molecular flexibility index (Phi) is 5.30. The first kappa shape index (κ1) is 17.0. The van der Waals surface area contributed by atoms with Gasteiger partial charge in [0.1, 0.15) is 5.75 Å². The molecule has 0 atom stereocenters. The fourth-order valence-corrected chi connectivity index (χ4v) is 3.18. The van der Waals surface area contributed by atoms with Gasteiger partial charge in [0.25, 0.3) is 0 Å². The van der Waals surface area contributed by atoms with Crippen molar-refractivity contribution in [1.82, 2.24) is 10.3 Å². The molecule has 1 N–H and O–H groups in total. The van der Waals surface area contributed by atoms with Crippen LogP contribution >= 0.6 is 11.3 Å².